The van der Waals surface area contributed by atoms with E-state index in [4.69, 9.17) is 16.3 Å². The number of carbonyl (C=O) groups excluding carboxylic acids is 3. The Balaban J connectivity index is 0.00000760. The molecule has 0 spiro atoms. The molecule has 0 bridgehead atoms. The van der Waals surface area contributed by atoms with Crippen LogP contribution in [0.1, 0.15) is 47.0 Å². The van der Waals surface area contributed by atoms with Crippen molar-refractivity contribution in [3.8, 4) is 0 Å². The molecule has 2 rings (SSSR count). The van der Waals surface area contributed by atoms with Crippen LogP contribution < -0.4 is 45.5 Å². The van der Waals surface area contributed by atoms with E-state index in [1.54, 1.807) is 12.1 Å². The number of hydrogen-bond acceptors (Lipinski definition) is 9. The summed E-state index contributed by atoms with van der Waals surface area (Å²) in [6.45, 7) is 7.74. The second-order valence-electron chi connectivity index (χ2n) is 10.2. The van der Waals surface area contributed by atoms with Gasteiger partial charge in [-0.15, -0.1) is 11.8 Å². The number of nitrogens with one attached hydrogen (secondary N) is 3. The van der Waals surface area contributed by atoms with Gasteiger partial charge in [0.25, 0.3) is 0 Å². The molecule has 1 heterocycles. The van der Waals surface area contributed by atoms with Gasteiger partial charge in [-0.05, 0) is 57.2 Å². The van der Waals surface area contributed by atoms with E-state index in [2.05, 4.69) is 16.0 Å². The van der Waals surface area contributed by atoms with Crippen molar-refractivity contribution < 1.29 is 66.8 Å². The summed E-state index contributed by atoms with van der Waals surface area (Å²) in [5.41, 5.74) is -2.46. The second-order valence-corrected chi connectivity index (χ2v) is 13.9. The fourth-order valence-electron chi connectivity index (χ4n) is 3.91. The Morgan fingerprint density at radius 1 is 1.31 bits per heavy atom. The molecular formula is C24H35ClN3NaO8S2. The number of aliphatic hydroxyl groups is 1. The molecule has 1 unspecified atom stereocenters. The van der Waals surface area contributed by atoms with Gasteiger partial charge in [0.2, 0.25) is 11.8 Å². The first-order chi connectivity index (χ1) is 17.6. The van der Waals surface area contributed by atoms with Gasteiger partial charge in [0.05, 0.1) is 6.04 Å². The maximum Gasteiger partial charge on any atom is 1.00 e. The van der Waals surface area contributed by atoms with Gasteiger partial charge in [-0.3, -0.25) is 9.59 Å². The maximum atomic E-state index is 13.1. The second kappa shape index (κ2) is 15.8. The van der Waals surface area contributed by atoms with Crippen LogP contribution >= 0.6 is 23.4 Å². The third kappa shape index (κ3) is 12.6. The number of carbonyl (C=O) groups is 3. The van der Waals surface area contributed by atoms with E-state index in [0.29, 0.717) is 18.0 Å². The average Bonchev–Trinajstić information content (AvgIpc) is 3.19. The molecule has 0 aromatic heterocycles. The van der Waals surface area contributed by atoms with E-state index in [0.717, 1.165) is 4.90 Å². The van der Waals surface area contributed by atoms with Gasteiger partial charge < -0.3 is 30.3 Å². The molecule has 1 aliphatic heterocycles. The summed E-state index contributed by atoms with van der Waals surface area (Å²) in [5.74, 6) is -1.92. The molecule has 15 heteroatoms. The van der Waals surface area contributed by atoms with Crippen LogP contribution in [0.25, 0.3) is 0 Å². The van der Waals surface area contributed by atoms with Gasteiger partial charge in [0.1, 0.15) is 22.8 Å². The van der Waals surface area contributed by atoms with Crippen molar-refractivity contribution in [3.05, 3.63) is 29.3 Å². The van der Waals surface area contributed by atoms with Gasteiger partial charge in [-0.25, -0.2) is 13.2 Å². The summed E-state index contributed by atoms with van der Waals surface area (Å²) in [7, 11) is -5.20. The number of aliphatic hydroxyl groups excluding tert-OH is 1. The Morgan fingerprint density at radius 3 is 2.51 bits per heavy atom. The average molecular weight is 616 g/mol. The topological polar surface area (TPSA) is 174 Å². The van der Waals surface area contributed by atoms with Crippen molar-refractivity contribution in [1.29, 1.82) is 0 Å². The minimum atomic E-state index is -5.20. The minimum Gasteiger partial charge on any atom is -0.746 e. The van der Waals surface area contributed by atoms with Gasteiger partial charge in [0, 0.05) is 27.1 Å². The number of halogens is 1. The monoisotopic (exact) mass is 615 g/mol. The van der Waals surface area contributed by atoms with Gasteiger partial charge in [-0.1, -0.05) is 31.5 Å². The third-order valence-electron chi connectivity index (χ3n) is 5.73. The zero-order valence-electron chi connectivity index (χ0n) is 22.7. The number of benzene rings is 1. The largest absolute Gasteiger partial charge is 1.00 e. The molecule has 1 aliphatic rings. The molecule has 1 aromatic carbocycles. The molecular weight excluding hydrogens is 581 g/mol. The molecule has 3 amide bonds. The zero-order chi connectivity index (χ0) is 28.7. The van der Waals surface area contributed by atoms with E-state index in [1.807, 2.05) is 39.8 Å². The summed E-state index contributed by atoms with van der Waals surface area (Å²) >= 11 is 7.48. The van der Waals surface area contributed by atoms with E-state index in [-0.39, 0.29) is 60.8 Å². The van der Waals surface area contributed by atoms with E-state index < -0.39 is 50.3 Å². The Kier molecular flexibility index (Phi) is 14.6. The number of amides is 3. The first kappa shape index (κ1) is 36.0. The van der Waals surface area contributed by atoms with E-state index >= 15 is 0 Å². The predicted molar refractivity (Wildman–Crippen MR) is 142 cm³/mol. The smallest absolute Gasteiger partial charge is 0.746 e. The molecule has 4 N–H and O–H groups in total. The van der Waals surface area contributed by atoms with E-state index in [9.17, 15) is 32.5 Å². The molecule has 11 nitrogen and oxygen atoms in total. The van der Waals surface area contributed by atoms with Gasteiger partial charge in [0.15, 0.2) is 5.44 Å². The fourth-order valence-corrected chi connectivity index (χ4v) is 5.84. The number of rotatable bonds is 13. The molecule has 0 aliphatic carbocycles. The molecule has 1 fully saturated rings. The quantitative estimate of drug-likeness (QED) is 0.126. The van der Waals surface area contributed by atoms with Crippen LogP contribution in [0, 0.1) is 11.8 Å². The molecule has 1 aromatic rings. The standard InChI is InChI=1S/C24H36ClN3O8S2.Na/c1-14(2)10-18(28-23(32)36-13-24(3,4)37-17-7-5-6-16(25)12-17)21(30)27-19(22(31)38(33,34)35)11-15-8-9-26-20(15)29;/h5-7,12,14-15,18-19,22,31H,8-11,13H2,1-4H3,(H,26,29)(H,27,30)(H,28,32)(H,33,34,35);/q;+1/p-1/t15-,18-,19-,22?;/m0./s1. The molecule has 0 saturated carbocycles. The van der Waals surface area contributed by atoms with Gasteiger partial charge >= 0.3 is 35.7 Å². The first-order valence-electron chi connectivity index (χ1n) is 12.2. The van der Waals surface area contributed by atoms with Crippen LogP contribution in [0.2, 0.25) is 5.02 Å². The molecule has 4 atom stereocenters. The first-order valence-corrected chi connectivity index (χ1v) is 14.8. The van der Waals surface area contributed by atoms with Crippen LogP contribution in [-0.2, 0) is 24.4 Å². The van der Waals surface area contributed by atoms with Crippen molar-refractivity contribution in [1.82, 2.24) is 16.0 Å². The molecule has 214 valence electrons. The number of alkyl carbamates (subject to hydrolysis) is 1. The maximum absolute atomic E-state index is 13.1. The van der Waals surface area contributed by atoms with Crippen molar-refractivity contribution in [2.24, 2.45) is 11.8 Å². The predicted octanol–water partition coefficient (Wildman–Crippen LogP) is -0.770. The molecule has 1 saturated heterocycles. The van der Waals surface area contributed by atoms with Crippen molar-refractivity contribution >= 4 is 51.4 Å². The van der Waals surface area contributed by atoms with Crippen molar-refractivity contribution in [2.45, 2.75) is 74.1 Å². The zero-order valence-corrected chi connectivity index (χ0v) is 27.1. The van der Waals surface area contributed by atoms with Crippen LogP contribution in [0.15, 0.2) is 29.2 Å². The van der Waals surface area contributed by atoms with Crippen molar-refractivity contribution in [2.75, 3.05) is 13.2 Å². The molecule has 0 radical (unpaired) electrons. The SMILES string of the molecule is CC(C)C[C@H](NC(=O)OCC(C)(C)Sc1cccc(Cl)c1)C(=O)N[C@@H](C[C@@H]1CCNC1=O)C(O)S(=O)(=O)[O-].[Na+]. The summed E-state index contributed by atoms with van der Waals surface area (Å²) < 4.78 is 39.4. The Morgan fingerprint density at radius 2 is 1.97 bits per heavy atom. The van der Waals surface area contributed by atoms with Crippen LogP contribution in [0.3, 0.4) is 0 Å². The van der Waals surface area contributed by atoms with Crippen LogP contribution in [-0.4, -0.2) is 71.4 Å². The Hall–Kier alpha value is -1.06. The minimum absolute atomic E-state index is 0. The summed E-state index contributed by atoms with van der Waals surface area (Å²) in [6, 6.07) is 4.54. The number of hydrogen-bond donors (Lipinski definition) is 4. The fraction of sp³-hybridized carbons (Fsp3) is 0.625. The summed E-state index contributed by atoms with van der Waals surface area (Å²) in [5, 5.41) is 18.1. The van der Waals surface area contributed by atoms with Gasteiger partial charge in [-0.2, -0.15) is 0 Å². The third-order valence-corrected chi connectivity index (χ3v) is 8.04. The number of ether oxygens (including phenoxy) is 1. The molecule has 39 heavy (non-hydrogen) atoms. The Labute approximate surface area is 261 Å². The van der Waals surface area contributed by atoms with Crippen LogP contribution in [0.4, 0.5) is 4.79 Å². The normalized spacial score (nSPS) is 17.9. The number of thioether (sulfide) groups is 1. The summed E-state index contributed by atoms with van der Waals surface area (Å²) in [4.78, 5) is 38.5. The summed E-state index contributed by atoms with van der Waals surface area (Å²) in [6.07, 6.45) is -0.596. The van der Waals surface area contributed by atoms with E-state index in [1.165, 1.54) is 11.8 Å². The van der Waals surface area contributed by atoms with Crippen molar-refractivity contribution in [3.63, 3.8) is 0 Å². The van der Waals surface area contributed by atoms with Crippen LogP contribution in [0.5, 0.6) is 0 Å². The Bertz CT molecular complexity index is 1110.